The normalized spacial score (nSPS) is 12.1. The molecule has 17 heavy (non-hydrogen) atoms. The van der Waals surface area contributed by atoms with E-state index in [-0.39, 0.29) is 0 Å². The van der Waals surface area contributed by atoms with Gasteiger partial charge in [0.05, 0.1) is 13.1 Å². The predicted molar refractivity (Wildman–Crippen MR) is 70.8 cm³/mol. The average molecular weight is 232 g/mol. The minimum atomic E-state index is -0.662. The molecule has 0 aliphatic heterocycles. The number of hydrogen-bond acceptors (Lipinski definition) is 1. The first-order chi connectivity index (χ1) is 8.17. The van der Waals surface area contributed by atoms with Crippen molar-refractivity contribution in [2.24, 2.45) is 0 Å². The van der Waals surface area contributed by atoms with Gasteiger partial charge < -0.3 is 10.0 Å². The molecule has 0 aromatic heterocycles. The molecule has 1 rings (SSSR count). The van der Waals surface area contributed by atoms with Crippen molar-refractivity contribution >= 4 is 0 Å². The van der Waals surface area contributed by atoms with E-state index in [0.29, 0.717) is 0 Å². The molecular formula is C15H22NO+. The second kappa shape index (κ2) is 7.11. The summed E-state index contributed by atoms with van der Waals surface area (Å²) in [7, 11) is 0. The number of quaternary nitrogens is 1. The smallest absolute Gasteiger partial charge is 0.140 e. The summed E-state index contributed by atoms with van der Waals surface area (Å²) in [5.41, 5.74) is 2.07. The van der Waals surface area contributed by atoms with Crippen LogP contribution in [0.5, 0.6) is 0 Å². The van der Waals surface area contributed by atoms with Crippen LogP contribution in [0.25, 0.3) is 0 Å². The van der Waals surface area contributed by atoms with Crippen LogP contribution in [0.1, 0.15) is 31.1 Å². The van der Waals surface area contributed by atoms with Crippen LogP contribution in [0.15, 0.2) is 24.3 Å². The maximum absolute atomic E-state index is 9.89. The number of aliphatic hydroxyl groups excluding tert-OH is 1. The van der Waals surface area contributed by atoms with Gasteiger partial charge in [-0.05, 0) is 32.3 Å². The summed E-state index contributed by atoms with van der Waals surface area (Å²) in [6.45, 7) is 9.28. The molecule has 0 heterocycles. The molecule has 0 saturated heterocycles. The van der Waals surface area contributed by atoms with E-state index in [2.05, 4.69) is 25.7 Å². The van der Waals surface area contributed by atoms with Crippen LogP contribution >= 0.6 is 0 Å². The zero-order valence-electron chi connectivity index (χ0n) is 11.0. The van der Waals surface area contributed by atoms with E-state index in [1.807, 2.05) is 31.2 Å². The Balaban J connectivity index is 2.57. The largest absolute Gasteiger partial charge is 0.376 e. The summed E-state index contributed by atoms with van der Waals surface area (Å²) < 4.78 is 0. The average Bonchev–Trinajstić information content (AvgIpc) is 2.35. The Hall–Kier alpha value is -1.30. The molecule has 0 aliphatic rings. The molecule has 2 nitrogen and oxygen atoms in total. The highest BCUT2D eigenvalue weighted by atomic mass is 16.3. The molecule has 1 atom stereocenters. The molecule has 0 saturated carbocycles. The lowest BCUT2D eigenvalue weighted by Gasteiger charge is -2.11. The van der Waals surface area contributed by atoms with Crippen LogP contribution < -0.4 is 4.90 Å². The predicted octanol–water partition coefficient (Wildman–Crippen LogP) is 0.957. The molecule has 1 aromatic rings. The Bertz CT molecular complexity index is 382. The van der Waals surface area contributed by atoms with Crippen molar-refractivity contribution in [2.45, 2.75) is 26.9 Å². The summed E-state index contributed by atoms with van der Waals surface area (Å²) in [4.78, 5) is 1.44. The monoisotopic (exact) mass is 232 g/mol. The van der Waals surface area contributed by atoms with Crippen molar-refractivity contribution in [1.82, 2.24) is 0 Å². The van der Waals surface area contributed by atoms with Gasteiger partial charge in [0.2, 0.25) is 0 Å². The van der Waals surface area contributed by atoms with E-state index in [9.17, 15) is 5.11 Å². The molecular weight excluding hydrogens is 210 g/mol. The molecule has 0 radical (unpaired) electrons. The number of benzene rings is 1. The third-order valence-electron chi connectivity index (χ3n) is 2.97. The first-order valence-corrected chi connectivity index (χ1v) is 6.24. The maximum atomic E-state index is 9.89. The van der Waals surface area contributed by atoms with E-state index in [4.69, 9.17) is 0 Å². The third kappa shape index (κ3) is 4.60. The summed E-state index contributed by atoms with van der Waals surface area (Å²) in [6, 6.07) is 7.85. The zero-order chi connectivity index (χ0) is 12.7. The molecule has 1 aromatic carbocycles. The van der Waals surface area contributed by atoms with E-state index in [0.717, 1.165) is 25.2 Å². The lowest BCUT2D eigenvalue weighted by Crippen LogP contribution is -3.11. The lowest BCUT2D eigenvalue weighted by atomic mass is 10.1. The number of nitrogens with one attached hydrogen (secondary N) is 1. The second-order valence-corrected chi connectivity index (χ2v) is 4.27. The highest BCUT2D eigenvalue weighted by Crippen LogP contribution is 2.11. The van der Waals surface area contributed by atoms with Crippen LogP contribution in [-0.2, 0) is 0 Å². The van der Waals surface area contributed by atoms with E-state index < -0.39 is 6.10 Å². The lowest BCUT2D eigenvalue weighted by molar-refractivity contribution is -0.889. The fourth-order valence-electron chi connectivity index (χ4n) is 1.60. The van der Waals surface area contributed by atoms with Crippen molar-refractivity contribution in [3.63, 3.8) is 0 Å². The molecule has 0 amide bonds. The summed E-state index contributed by atoms with van der Waals surface area (Å²) in [5, 5.41) is 9.89. The number of rotatable bonds is 4. The summed E-state index contributed by atoms with van der Waals surface area (Å²) in [6.07, 6.45) is -0.662. The number of hydrogen-bond donors (Lipinski definition) is 2. The minimum Gasteiger partial charge on any atom is -0.376 e. The van der Waals surface area contributed by atoms with Crippen LogP contribution in [0.3, 0.4) is 0 Å². The van der Waals surface area contributed by atoms with Gasteiger partial charge in [-0.2, -0.15) is 0 Å². The van der Waals surface area contributed by atoms with Gasteiger partial charge in [0.15, 0.2) is 0 Å². The van der Waals surface area contributed by atoms with Gasteiger partial charge in [0.1, 0.15) is 12.6 Å². The quantitative estimate of drug-likeness (QED) is 0.743. The van der Waals surface area contributed by atoms with E-state index >= 15 is 0 Å². The Kier molecular flexibility index (Phi) is 5.76. The fourth-order valence-corrected chi connectivity index (χ4v) is 1.60. The molecule has 0 aliphatic carbocycles. The Morgan fingerprint density at radius 1 is 1.18 bits per heavy atom. The van der Waals surface area contributed by atoms with Gasteiger partial charge in [0, 0.05) is 0 Å². The topological polar surface area (TPSA) is 24.7 Å². The van der Waals surface area contributed by atoms with Crippen molar-refractivity contribution in [3.8, 4) is 11.8 Å². The van der Waals surface area contributed by atoms with Gasteiger partial charge in [-0.25, -0.2) is 0 Å². The SMILES string of the molecule is CC[NH+](CC)CC#CC(O)c1ccc(C)cc1. The van der Waals surface area contributed by atoms with Crippen LogP contribution in [0.4, 0.5) is 0 Å². The van der Waals surface area contributed by atoms with Crippen molar-refractivity contribution < 1.29 is 10.0 Å². The van der Waals surface area contributed by atoms with Crippen molar-refractivity contribution in [3.05, 3.63) is 35.4 Å². The van der Waals surface area contributed by atoms with Gasteiger partial charge in [-0.3, -0.25) is 0 Å². The molecule has 0 spiro atoms. The van der Waals surface area contributed by atoms with E-state index in [1.165, 1.54) is 10.5 Å². The minimum absolute atomic E-state index is 0.662. The standard InChI is InChI=1S/C15H21NO/c1-4-16(5-2)12-6-7-15(17)14-10-8-13(3)9-11-14/h8-11,15,17H,4-5,12H2,1-3H3/p+1. The Morgan fingerprint density at radius 3 is 2.29 bits per heavy atom. The van der Waals surface area contributed by atoms with Gasteiger partial charge in [0.25, 0.3) is 0 Å². The molecule has 2 heteroatoms. The molecule has 0 bridgehead atoms. The van der Waals surface area contributed by atoms with Gasteiger partial charge in [-0.1, -0.05) is 35.7 Å². The fraction of sp³-hybridized carbons (Fsp3) is 0.467. The second-order valence-electron chi connectivity index (χ2n) is 4.27. The zero-order valence-corrected chi connectivity index (χ0v) is 11.0. The van der Waals surface area contributed by atoms with Crippen LogP contribution in [0.2, 0.25) is 0 Å². The number of aliphatic hydroxyl groups is 1. The Labute approximate surface area is 104 Å². The van der Waals surface area contributed by atoms with Gasteiger partial charge >= 0.3 is 0 Å². The van der Waals surface area contributed by atoms with Crippen molar-refractivity contribution in [1.29, 1.82) is 0 Å². The third-order valence-corrected chi connectivity index (χ3v) is 2.97. The summed E-state index contributed by atoms with van der Waals surface area (Å²) >= 11 is 0. The Morgan fingerprint density at radius 2 is 1.76 bits per heavy atom. The van der Waals surface area contributed by atoms with Gasteiger partial charge in [-0.15, -0.1) is 0 Å². The summed E-state index contributed by atoms with van der Waals surface area (Å²) in [5.74, 6) is 5.97. The molecule has 2 N–H and O–H groups in total. The first-order valence-electron chi connectivity index (χ1n) is 6.24. The molecule has 92 valence electrons. The van der Waals surface area contributed by atoms with Crippen LogP contribution in [0, 0.1) is 18.8 Å². The number of aryl methyl sites for hydroxylation is 1. The molecule has 0 fully saturated rings. The molecule has 1 unspecified atom stereocenters. The maximum Gasteiger partial charge on any atom is 0.140 e. The first kappa shape index (κ1) is 13.8. The highest BCUT2D eigenvalue weighted by molar-refractivity contribution is 5.27. The highest BCUT2D eigenvalue weighted by Gasteiger charge is 2.03. The van der Waals surface area contributed by atoms with Crippen molar-refractivity contribution in [2.75, 3.05) is 19.6 Å². The van der Waals surface area contributed by atoms with E-state index in [1.54, 1.807) is 0 Å². The van der Waals surface area contributed by atoms with Crippen LogP contribution in [-0.4, -0.2) is 24.7 Å².